The molecule has 0 amide bonds. The lowest BCUT2D eigenvalue weighted by atomic mass is 10.0. The monoisotopic (exact) mass is 314 g/mol. The molecule has 0 unspecified atom stereocenters. The molecular formula is C19H23FN2O. The van der Waals surface area contributed by atoms with E-state index in [9.17, 15) is 4.39 Å². The zero-order valence-corrected chi connectivity index (χ0v) is 13.2. The molecule has 1 heterocycles. The standard InChI is InChI=1S/C19H23FN2O/c20-18-3-1-2-4-19(18)21-17-9-11-22(12-10-17)13-15-5-7-16(14-23)8-6-15/h1-8,17,21,23H,9-14H2. The number of aliphatic hydroxyl groups excluding tert-OH is 1. The Balaban J connectivity index is 1.49. The Hall–Kier alpha value is -1.91. The average molecular weight is 314 g/mol. The van der Waals surface area contributed by atoms with Gasteiger partial charge in [0, 0.05) is 25.7 Å². The van der Waals surface area contributed by atoms with Crippen LogP contribution in [0, 0.1) is 5.82 Å². The van der Waals surface area contributed by atoms with Crippen LogP contribution in [0.15, 0.2) is 48.5 Å². The number of piperidine rings is 1. The van der Waals surface area contributed by atoms with Crippen molar-refractivity contribution in [3.8, 4) is 0 Å². The van der Waals surface area contributed by atoms with Crippen LogP contribution in [0.1, 0.15) is 24.0 Å². The zero-order valence-electron chi connectivity index (χ0n) is 13.2. The molecule has 2 aromatic carbocycles. The number of nitrogens with one attached hydrogen (secondary N) is 1. The number of halogens is 1. The van der Waals surface area contributed by atoms with Crippen molar-refractivity contribution < 1.29 is 9.50 Å². The predicted octanol–water partition coefficient (Wildman–Crippen LogP) is 3.39. The third-order valence-corrected chi connectivity index (χ3v) is 4.43. The molecule has 23 heavy (non-hydrogen) atoms. The maximum absolute atomic E-state index is 13.7. The van der Waals surface area contributed by atoms with Crippen LogP contribution < -0.4 is 5.32 Å². The largest absolute Gasteiger partial charge is 0.392 e. The van der Waals surface area contributed by atoms with Gasteiger partial charge in [-0.25, -0.2) is 4.39 Å². The van der Waals surface area contributed by atoms with Crippen LogP contribution >= 0.6 is 0 Å². The summed E-state index contributed by atoms with van der Waals surface area (Å²) in [5, 5.41) is 12.4. The number of para-hydroxylation sites is 1. The highest BCUT2D eigenvalue weighted by Gasteiger charge is 2.19. The molecule has 0 aromatic heterocycles. The molecule has 0 aliphatic carbocycles. The zero-order chi connectivity index (χ0) is 16.1. The highest BCUT2D eigenvalue weighted by atomic mass is 19.1. The predicted molar refractivity (Wildman–Crippen MR) is 90.7 cm³/mol. The summed E-state index contributed by atoms with van der Waals surface area (Å²) in [6, 6.07) is 15.3. The van der Waals surface area contributed by atoms with E-state index in [-0.39, 0.29) is 12.4 Å². The van der Waals surface area contributed by atoms with Crippen molar-refractivity contribution in [3.63, 3.8) is 0 Å². The molecule has 0 saturated carbocycles. The number of hydrogen-bond donors (Lipinski definition) is 2. The highest BCUT2D eigenvalue weighted by Crippen LogP contribution is 2.20. The quantitative estimate of drug-likeness (QED) is 0.888. The van der Waals surface area contributed by atoms with E-state index >= 15 is 0 Å². The van der Waals surface area contributed by atoms with Gasteiger partial charge in [-0.2, -0.15) is 0 Å². The lowest BCUT2D eigenvalue weighted by Gasteiger charge is -2.33. The summed E-state index contributed by atoms with van der Waals surface area (Å²) in [4.78, 5) is 2.42. The first-order valence-electron chi connectivity index (χ1n) is 8.16. The molecule has 1 fully saturated rings. The first kappa shape index (κ1) is 16.0. The summed E-state index contributed by atoms with van der Waals surface area (Å²) in [5.74, 6) is -0.182. The van der Waals surface area contributed by atoms with Crippen molar-refractivity contribution in [3.05, 3.63) is 65.5 Å². The Kier molecular flexibility index (Phi) is 5.26. The SMILES string of the molecule is OCc1ccc(CN2CCC(Nc3ccccc3F)CC2)cc1. The number of rotatable bonds is 5. The van der Waals surface area contributed by atoms with Gasteiger partial charge in [0.25, 0.3) is 0 Å². The van der Waals surface area contributed by atoms with Crippen LogP contribution in [0.4, 0.5) is 10.1 Å². The van der Waals surface area contributed by atoms with Gasteiger partial charge in [-0.1, -0.05) is 36.4 Å². The lowest BCUT2D eigenvalue weighted by Crippen LogP contribution is -2.38. The van der Waals surface area contributed by atoms with Gasteiger partial charge in [0.15, 0.2) is 0 Å². The molecule has 122 valence electrons. The van der Waals surface area contributed by atoms with Crippen molar-refractivity contribution in [2.75, 3.05) is 18.4 Å². The second kappa shape index (κ2) is 7.57. The molecule has 1 aliphatic rings. The normalized spacial score (nSPS) is 16.4. The molecule has 1 saturated heterocycles. The van der Waals surface area contributed by atoms with E-state index in [1.54, 1.807) is 12.1 Å². The first-order chi connectivity index (χ1) is 11.2. The minimum absolute atomic E-state index is 0.0907. The number of aliphatic hydroxyl groups is 1. The molecule has 3 rings (SSSR count). The topological polar surface area (TPSA) is 35.5 Å². The number of likely N-dealkylation sites (tertiary alicyclic amines) is 1. The van der Waals surface area contributed by atoms with Crippen molar-refractivity contribution in [1.82, 2.24) is 4.90 Å². The first-order valence-corrected chi connectivity index (χ1v) is 8.16. The van der Waals surface area contributed by atoms with Crippen LogP contribution in [-0.4, -0.2) is 29.1 Å². The van der Waals surface area contributed by atoms with Crippen LogP contribution in [0.3, 0.4) is 0 Å². The molecular weight excluding hydrogens is 291 g/mol. The molecule has 2 N–H and O–H groups in total. The third kappa shape index (κ3) is 4.30. The molecule has 1 aliphatic heterocycles. The van der Waals surface area contributed by atoms with E-state index in [0.717, 1.165) is 38.0 Å². The fourth-order valence-corrected chi connectivity index (χ4v) is 3.04. The molecule has 0 atom stereocenters. The summed E-state index contributed by atoms with van der Waals surface area (Å²) < 4.78 is 13.7. The minimum atomic E-state index is -0.182. The molecule has 0 radical (unpaired) electrons. The van der Waals surface area contributed by atoms with Gasteiger partial charge in [0.05, 0.1) is 12.3 Å². The second-order valence-electron chi connectivity index (χ2n) is 6.15. The van der Waals surface area contributed by atoms with E-state index in [4.69, 9.17) is 5.11 Å². The number of hydrogen-bond acceptors (Lipinski definition) is 3. The van der Waals surface area contributed by atoms with Crippen LogP contribution in [0.5, 0.6) is 0 Å². The Labute approximate surface area is 136 Å². The molecule has 3 nitrogen and oxygen atoms in total. The summed E-state index contributed by atoms with van der Waals surface area (Å²) in [5.41, 5.74) is 2.81. The van der Waals surface area contributed by atoms with Crippen molar-refractivity contribution in [1.29, 1.82) is 0 Å². The smallest absolute Gasteiger partial charge is 0.146 e. The van der Waals surface area contributed by atoms with Crippen molar-refractivity contribution in [2.24, 2.45) is 0 Å². The van der Waals surface area contributed by atoms with E-state index < -0.39 is 0 Å². The maximum atomic E-state index is 13.7. The third-order valence-electron chi connectivity index (χ3n) is 4.43. The summed E-state index contributed by atoms with van der Waals surface area (Å²) >= 11 is 0. The molecule has 2 aromatic rings. The van der Waals surface area contributed by atoms with Crippen molar-refractivity contribution in [2.45, 2.75) is 32.0 Å². The Morgan fingerprint density at radius 1 is 1.00 bits per heavy atom. The van der Waals surface area contributed by atoms with Gasteiger partial charge in [-0.05, 0) is 36.1 Å². The van der Waals surface area contributed by atoms with E-state index in [1.165, 1.54) is 11.6 Å². The number of anilines is 1. The van der Waals surface area contributed by atoms with E-state index in [0.29, 0.717) is 11.7 Å². The van der Waals surface area contributed by atoms with Crippen LogP contribution in [0.2, 0.25) is 0 Å². The maximum Gasteiger partial charge on any atom is 0.146 e. The average Bonchev–Trinajstić information content (AvgIpc) is 2.59. The van der Waals surface area contributed by atoms with E-state index in [1.807, 2.05) is 18.2 Å². The van der Waals surface area contributed by atoms with Crippen LogP contribution in [0.25, 0.3) is 0 Å². The number of benzene rings is 2. The van der Waals surface area contributed by atoms with E-state index in [2.05, 4.69) is 22.3 Å². The molecule has 4 heteroatoms. The Morgan fingerprint density at radius 3 is 2.30 bits per heavy atom. The number of nitrogens with zero attached hydrogens (tertiary/aromatic N) is 1. The Bertz CT molecular complexity index is 622. The highest BCUT2D eigenvalue weighted by molar-refractivity contribution is 5.45. The molecule has 0 spiro atoms. The fourth-order valence-electron chi connectivity index (χ4n) is 3.04. The summed E-state index contributed by atoms with van der Waals surface area (Å²) in [6.45, 7) is 3.03. The Morgan fingerprint density at radius 2 is 1.65 bits per heavy atom. The van der Waals surface area contributed by atoms with Gasteiger partial charge >= 0.3 is 0 Å². The molecule has 0 bridgehead atoms. The lowest BCUT2D eigenvalue weighted by molar-refractivity contribution is 0.211. The summed E-state index contributed by atoms with van der Waals surface area (Å²) in [7, 11) is 0. The van der Waals surface area contributed by atoms with Gasteiger partial charge in [-0.3, -0.25) is 4.90 Å². The van der Waals surface area contributed by atoms with Crippen molar-refractivity contribution >= 4 is 5.69 Å². The van der Waals surface area contributed by atoms with Crippen LogP contribution in [-0.2, 0) is 13.2 Å². The minimum Gasteiger partial charge on any atom is -0.392 e. The van der Waals surface area contributed by atoms with Gasteiger partial charge in [-0.15, -0.1) is 0 Å². The second-order valence-corrected chi connectivity index (χ2v) is 6.15. The van der Waals surface area contributed by atoms with Gasteiger partial charge < -0.3 is 10.4 Å². The summed E-state index contributed by atoms with van der Waals surface area (Å²) in [6.07, 6.45) is 2.03. The van der Waals surface area contributed by atoms with Gasteiger partial charge in [0.1, 0.15) is 5.82 Å². The van der Waals surface area contributed by atoms with Gasteiger partial charge in [0.2, 0.25) is 0 Å². The fraction of sp³-hybridized carbons (Fsp3) is 0.368.